The van der Waals surface area contributed by atoms with Crippen LogP contribution in [0.25, 0.3) is 0 Å². The van der Waals surface area contributed by atoms with E-state index in [0.717, 1.165) is 6.07 Å². The monoisotopic (exact) mass is 455 g/mol. The molecule has 168 valence electrons. The summed E-state index contributed by atoms with van der Waals surface area (Å²) in [6.07, 6.45) is 0. The molecule has 0 unspecified atom stereocenters. The average Bonchev–Trinajstić information content (AvgIpc) is 2.73. The number of nitrogens with zero attached hydrogens (tertiary/aromatic N) is 2. The van der Waals surface area contributed by atoms with Crippen molar-refractivity contribution >= 4 is 21.6 Å². The minimum absolute atomic E-state index is 0.0452. The standard InChI is InChI=1S/C20H23F2N3O5S/c1-24-8-10-25(11-9-24)31(27,28)16-5-3-4-15(13-16)23-19(26)14-6-7-17(29-2)18(12-14)30-20(21)22/h3-7,12-13,20H,8-11H2,1-2H3,(H,23,26). The quantitative estimate of drug-likeness (QED) is 0.690. The van der Waals surface area contributed by atoms with Crippen LogP contribution in [0.1, 0.15) is 10.4 Å². The van der Waals surface area contributed by atoms with E-state index in [9.17, 15) is 22.0 Å². The first kappa shape index (κ1) is 22.9. The zero-order chi connectivity index (χ0) is 22.6. The number of hydrogen-bond donors (Lipinski definition) is 1. The number of alkyl halides is 2. The number of hydrogen-bond acceptors (Lipinski definition) is 6. The van der Waals surface area contributed by atoms with Gasteiger partial charge in [-0.2, -0.15) is 13.1 Å². The van der Waals surface area contributed by atoms with Crippen LogP contribution in [0.15, 0.2) is 47.4 Å². The number of anilines is 1. The zero-order valence-electron chi connectivity index (χ0n) is 17.0. The van der Waals surface area contributed by atoms with E-state index in [1.807, 2.05) is 11.9 Å². The van der Waals surface area contributed by atoms with Crippen LogP contribution >= 0.6 is 0 Å². The molecule has 0 aliphatic carbocycles. The van der Waals surface area contributed by atoms with E-state index >= 15 is 0 Å². The molecule has 1 fully saturated rings. The summed E-state index contributed by atoms with van der Waals surface area (Å²) in [7, 11) is -0.483. The lowest BCUT2D eigenvalue weighted by molar-refractivity contribution is -0.0512. The number of piperazine rings is 1. The minimum atomic E-state index is -3.70. The molecule has 1 aliphatic heterocycles. The van der Waals surface area contributed by atoms with Crippen LogP contribution in [0.4, 0.5) is 14.5 Å². The lowest BCUT2D eigenvalue weighted by atomic mass is 10.2. The number of rotatable bonds is 7. The molecule has 11 heteroatoms. The Labute approximate surface area is 179 Å². The Morgan fingerprint density at radius 1 is 1.06 bits per heavy atom. The van der Waals surface area contributed by atoms with E-state index in [4.69, 9.17) is 4.74 Å². The lowest BCUT2D eigenvalue weighted by Crippen LogP contribution is -2.47. The summed E-state index contributed by atoms with van der Waals surface area (Å²) < 4.78 is 61.8. The summed E-state index contributed by atoms with van der Waals surface area (Å²) in [5, 5.41) is 2.58. The van der Waals surface area contributed by atoms with Crippen molar-refractivity contribution in [1.29, 1.82) is 0 Å². The Hall–Kier alpha value is -2.76. The summed E-state index contributed by atoms with van der Waals surface area (Å²) in [6, 6.07) is 9.75. The second-order valence-corrected chi connectivity index (χ2v) is 8.87. The topological polar surface area (TPSA) is 88.2 Å². The molecule has 1 saturated heterocycles. The molecule has 1 aliphatic rings. The third-order valence-corrected chi connectivity index (χ3v) is 6.73. The van der Waals surface area contributed by atoms with Gasteiger partial charge < -0.3 is 19.7 Å². The van der Waals surface area contributed by atoms with Crippen molar-refractivity contribution in [2.45, 2.75) is 11.5 Å². The van der Waals surface area contributed by atoms with Crippen LogP contribution < -0.4 is 14.8 Å². The Bertz CT molecular complexity index is 1040. The van der Waals surface area contributed by atoms with Gasteiger partial charge in [0, 0.05) is 37.4 Å². The molecule has 0 radical (unpaired) electrons. The fourth-order valence-electron chi connectivity index (χ4n) is 3.12. The normalized spacial score (nSPS) is 15.6. The molecule has 2 aromatic carbocycles. The number of likely N-dealkylation sites (N-methyl/N-ethyl adjacent to an activating group) is 1. The summed E-state index contributed by atoms with van der Waals surface area (Å²) in [4.78, 5) is 14.7. The number of ether oxygens (including phenoxy) is 2. The van der Waals surface area contributed by atoms with Gasteiger partial charge in [0.15, 0.2) is 11.5 Å². The molecule has 1 amide bonds. The van der Waals surface area contributed by atoms with E-state index in [-0.39, 0.29) is 27.6 Å². The lowest BCUT2D eigenvalue weighted by Gasteiger charge is -2.31. The smallest absolute Gasteiger partial charge is 0.387 e. The number of carbonyl (C=O) groups excluding carboxylic acids is 1. The number of nitrogens with one attached hydrogen (secondary N) is 1. The average molecular weight is 455 g/mol. The van der Waals surface area contributed by atoms with Crippen LogP contribution in [-0.4, -0.2) is 70.5 Å². The van der Waals surface area contributed by atoms with Gasteiger partial charge in [-0.25, -0.2) is 8.42 Å². The third kappa shape index (κ3) is 5.49. The van der Waals surface area contributed by atoms with Crippen LogP contribution in [0.3, 0.4) is 0 Å². The van der Waals surface area contributed by atoms with E-state index in [1.54, 1.807) is 6.07 Å². The molecule has 31 heavy (non-hydrogen) atoms. The first-order valence-corrected chi connectivity index (χ1v) is 10.9. The van der Waals surface area contributed by atoms with Gasteiger partial charge in [0.25, 0.3) is 5.91 Å². The Morgan fingerprint density at radius 2 is 1.77 bits per heavy atom. The Morgan fingerprint density at radius 3 is 2.42 bits per heavy atom. The molecule has 1 N–H and O–H groups in total. The Kier molecular flexibility index (Phi) is 7.08. The summed E-state index contributed by atoms with van der Waals surface area (Å²) >= 11 is 0. The van der Waals surface area contributed by atoms with Crippen LogP contribution in [0.2, 0.25) is 0 Å². The zero-order valence-corrected chi connectivity index (χ0v) is 17.9. The van der Waals surface area contributed by atoms with E-state index < -0.39 is 22.5 Å². The Balaban J connectivity index is 1.79. The maximum atomic E-state index is 12.9. The first-order valence-electron chi connectivity index (χ1n) is 9.43. The van der Waals surface area contributed by atoms with Crippen molar-refractivity contribution in [3.63, 3.8) is 0 Å². The van der Waals surface area contributed by atoms with Crippen molar-refractivity contribution < 1.29 is 31.5 Å². The summed E-state index contributed by atoms with van der Waals surface area (Å²) in [5.74, 6) is -0.843. The van der Waals surface area contributed by atoms with Gasteiger partial charge in [-0.1, -0.05) is 6.07 Å². The van der Waals surface area contributed by atoms with Gasteiger partial charge in [0.05, 0.1) is 12.0 Å². The fraction of sp³-hybridized carbons (Fsp3) is 0.350. The van der Waals surface area contributed by atoms with Gasteiger partial charge in [-0.05, 0) is 43.4 Å². The van der Waals surface area contributed by atoms with Gasteiger partial charge in [0.1, 0.15) is 0 Å². The number of methoxy groups -OCH3 is 1. The largest absolute Gasteiger partial charge is 0.493 e. The molecule has 0 bridgehead atoms. The van der Waals surface area contributed by atoms with Gasteiger partial charge >= 0.3 is 6.61 Å². The predicted molar refractivity (Wildman–Crippen MR) is 110 cm³/mol. The first-order chi connectivity index (χ1) is 14.7. The van der Waals surface area contributed by atoms with Crippen molar-refractivity contribution in [1.82, 2.24) is 9.21 Å². The second-order valence-electron chi connectivity index (χ2n) is 6.93. The highest BCUT2D eigenvalue weighted by Crippen LogP contribution is 2.30. The van der Waals surface area contributed by atoms with E-state index in [0.29, 0.717) is 26.2 Å². The number of sulfonamides is 1. The molecular weight excluding hydrogens is 432 g/mol. The number of carbonyl (C=O) groups is 1. The molecule has 3 rings (SSSR count). The predicted octanol–water partition coefficient (Wildman–Crippen LogP) is 2.49. The number of benzene rings is 2. The summed E-state index contributed by atoms with van der Waals surface area (Å²) in [6.45, 7) is -1.04. The van der Waals surface area contributed by atoms with Crippen molar-refractivity contribution in [2.24, 2.45) is 0 Å². The highest BCUT2D eigenvalue weighted by molar-refractivity contribution is 7.89. The number of amides is 1. The molecule has 2 aromatic rings. The van der Waals surface area contributed by atoms with Crippen molar-refractivity contribution in [3.05, 3.63) is 48.0 Å². The SMILES string of the molecule is COc1ccc(C(=O)Nc2cccc(S(=O)(=O)N3CCN(C)CC3)c2)cc1OC(F)F. The van der Waals surface area contributed by atoms with Gasteiger partial charge in [-0.15, -0.1) is 0 Å². The van der Waals surface area contributed by atoms with Crippen molar-refractivity contribution in [2.75, 3.05) is 45.7 Å². The molecule has 8 nitrogen and oxygen atoms in total. The molecular formula is C20H23F2N3O5S. The van der Waals surface area contributed by atoms with E-state index in [2.05, 4.69) is 10.1 Å². The third-order valence-electron chi connectivity index (χ3n) is 4.83. The molecule has 1 heterocycles. The van der Waals surface area contributed by atoms with Crippen LogP contribution in [0, 0.1) is 0 Å². The van der Waals surface area contributed by atoms with Crippen molar-refractivity contribution in [3.8, 4) is 11.5 Å². The highest BCUT2D eigenvalue weighted by atomic mass is 32.2. The van der Waals surface area contributed by atoms with Crippen LogP contribution in [0.5, 0.6) is 11.5 Å². The molecule has 0 spiro atoms. The fourth-order valence-corrected chi connectivity index (χ4v) is 4.59. The summed E-state index contributed by atoms with van der Waals surface area (Å²) in [5.41, 5.74) is 0.302. The molecule has 0 saturated carbocycles. The maximum absolute atomic E-state index is 12.9. The van der Waals surface area contributed by atoms with E-state index in [1.165, 1.54) is 41.7 Å². The highest BCUT2D eigenvalue weighted by Gasteiger charge is 2.27. The second kappa shape index (κ2) is 9.58. The molecule has 0 aromatic heterocycles. The molecule has 0 atom stereocenters. The maximum Gasteiger partial charge on any atom is 0.387 e. The number of halogens is 2. The van der Waals surface area contributed by atoms with Crippen LogP contribution in [-0.2, 0) is 10.0 Å². The minimum Gasteiger partial charge on any atom is -0.493 e. The van der Waals surface area contributed by atoms with Gasteiger partial charge in [0.2, 0.25) is 10.0 Å². The van der Waals surface area contributed by atoms with Gasteiger partial charge in [-0.3, -0.25) is 4.79 Å².